The summed E-state index contributed by atoms with van der Waals surface area (Å²) in [5.41, 5.74) is 0.501. The smallest absolute Gasteiger partial charge is 0.256 e. The third-order valence-corrected chi connectivity index (χ3v) is 3.74. The van der Waals surface area contributed by atoms with Crippen molar-refractivity contribution in [2.75, 3.05) is 5.32 Å². The molecule has 2 nitrogen and oxygen atoms in total. The van der Waals surface area contributed by atoms with Gasteiger partial charge in [-0.25, -0.2) is 4.39 Å². The standard InChI is InChI=1S/C13H8Br2FNOS/c14-7-2-4-10(16)11(5-7)17-13(18)9-3-1-8(15)6-12(9)19/h1-6,19H,(H,17,18). The number of hydrogen-bond donors (Lipinski definition) is 2. The third kappa shape index (κ3) is 3.58. The normalized spacial score (nSPS) is 10.3. The molecular formula is C13H8Br2FNOS. The predicted molar refractivity (Wildman–Crippen MR) is 83.4 cm³/mol. The number of benzene rings is 2. The van der Waals surface area contributed by atoms with Crippen molar-refractivity contribution in [1.82, 2.24) is 0 Å². The first-order chi connectivity index (χ1) is 8.97. The van der Waals surface area contributed by atoms with Crippen molar-refractivity contribution in [3.8, 4) is 0 Å². The summed E-state index contributed by atoms with van der Waals surface area (Å²) < 4.78 is 15.1. The van der Waals surface area contributed by atoms with Gasteiger partial charge in [-0.15, -0.1) is 12.6 Å². The van der Waals surface area contributed by atoms with Crippen LogP contribution < -0.4 is 5.32 Å². The fourth-order valence-electron chi connectivity index (χ4n) is 1.48. The van der Waals surface area contributed by atoms with Gasteiger partial charge in [0.05, 0.1) is 11.3 Å². The Hall–Kier alpha value is -0.850. The Balaban J connectivity index is 2.28. The second-order valence-electron chi connectivity index (χ2n) is 3.74. The molecule has 2 aromatic carbocycles. The molecule has 1 amide bonds. The molecule has 0 bridgehead atoms. The van der Waals surface area contributed by atoms with Crippen LogP contribution in [-0.2, 0) is 0 Å². The van der Waals surface area contributed by atoms with Crippen molar-refractivity contribution in [3.63, 3.8) is 0 Å². The summed E-state index contributed by atoms with van der Waals surface area (Å²) in [6.07, 6.45) is 0. The van der Waals surface area contributed by atoms with Gasteiger partial charge in [0.2, 0.25) is 0 Å². The quantitative estimate of drug-likeness (QED) is 0.685. The number of carbonyl (C=O) groups excluding carboxylic acids is 1. The van der Waals surface area contributed by atoms with E-state index < -0.39 is 11.7 Å². The van der Waals surface area contributed by atoms with E-state index in [1.165, 1.54) is 12.1 Å². The summed E-state index contributed by atoms with van der Waals surface area (Å²) in [6, 6.07) is 9.40. The highest BCUT2D eigenvalue weighted by molar-refractivity contribution is 9.10. The fraction of sp³-hybridized carbons (Fsp3) is 0. The first-order valence-electron chi connectivity index (χ1n) is 5.22. The van der Waals surface area contributed by atoms with E-state index in [4.69, 9.17) is 0 Å². The van der Waals surface area contributed by atoms with Gasteiger partial charge >= 0.3 is 0 Å². The number of rotatable bonds is 2. The maximum Gasteiger partial charge on any atom is 0.256 e. The second kappa shape index (κ2) is 6.07. The molecule has 2 rings (SSSR count). The Labute approximate surface area is 132 Å². The molecule has 0 aliphatic heterocycles. The number of thiol groups is 1. The second-order valence-corrected chi connectivity index (χ2v) is 6.05. The van der Waals surface area contributed by atoms with Crippen molar-refractivity contribution < 1.29 is 9.18 Å². The van der Waals surface area contributed by atoms with Crippen LogP contribution in [-0.4, -0.2) is 5.91 Å². The molecule has 0 fully saturated rings. The molecule has 6 heteroatoms. The van der Waals surface area contributed by atoms with E-state index in [-0.39, 0.29) is 5.69 Å². The number of hydrogen-bond acceptors (Lipinski definition) is 2. The van der Waals surface area contributed by atoms with Gasteiger partial charge in [0.25, 0.3) is 5.91 Å². The number of carbonyl (C=O) groups is 1. The Morgan fingerprint density at radius 1 is 1.11 bits per heavy atom. The molecule has 0 saturated heterocycles. The Morgan fingerprint density at radius 3 is 2.42 bits per heavy atom. The molecule has 98 valence electrons. The average molecular weight is 405 g/mol. The fourth-order valence-corrected chi connectivity index (χ4v) is 2.69. The molecule has 0 unspecified atom stereocenters. The van der Waals surface area contributed by atoms with Crippen molar-refractivity contribution in [1.29, 1.82) is 0 Å². The summed E-state index contributed by atoms with van der Waals surface area (Å²) >= 11 is 10.7. The lowest BCUT2D eigenvalue weighted by molar-refractivity contribution is 0.102. The van der Waals surface area contributed by atoms with E-state index in [1.54, 1.807) is 24.3 Å². The van der Waals surface area contributed by atoms with Crippen LogP contribution in [0.4, 0.5) is 10.1 Å². The molecule has 0 aliphatic carbocycles. The van der Waals surface area contributed by atoms with E-state index in [1.807, 2.05) is 0 Å². The van der Waals surface area contributed by atoms with Crippen LogP contribution in [0.1, 0.15) is 10.4 Å². The minimum atomic E-state index is -0.491. The van der Waals surface area contributed by atoms with Crippen LogP contribution in [0, 0.1) is 5.82 Å². The molecule has 0 atom stereocenters. The highest BCUT2D eigenvalue weighted by Gasteiger charge is 2.12. The van der Waals surface area contributed by atoms with Gasteiger partial charge < -0.3 is 5.32 Å². The van der Waals surface area contributed by atoms with E-state index in [0.717, 1.165) is 4.47 Å². The van der Waals surface area contributed by atoms with Crippen LogP contribution in [0.15, 0.2) is 50.2 Å². The summed E-state index contributed by atoms with van der Waals surface area (Å²) in [7, 11) is 0. The van der Waals surface area contributed by atoms with Gasteiger partial charge in [-0.05, 0) is 36.4 Å². The average Bonchev–Trinajstić information content (AvgIpc) is 2.33. The molecule has 0 aromatic heterocycles. The summed E-state index contributed by atoms with van der Waals surface area (Å²) in [4.78, 5) is 12.6. The van der Waals surface area contributed by atoms with Gasteiger partial charge in [-0.2, -0.15) is 0 Å². The topological polar surface area (TPSA) is 29.1 Å². The Morgan fingerprint density at radius 2 is 1.74 bits per heavy atom. The third-order valence-electron chi connectivity index (χ3n) is 2.38. The highest BCUT2D eigenvalue weighted by atomic mass is 79.9. The van der Waals surface area contributed by atoms with Crippen LogP contribution in [0.3, 0.4) is 0 Å². The van der Waals surface area contributed by atoms with Crippen LogP contribution in [0.5, 0.6) is 0 Å². The molecular weight excluding hydrogens is 397 g/mol. The van der Waals surface area contributed by atoms with Gasteiger partial charge in [-0.1, -0.05) is 31.9 Å². The molecule has 19 heavy (non-hydrogen) atoms. The maximum atomic E-state index is 13.5. The zero-order chi connectivity index (χ0) is 14.0. The molecule has 0 radical (unpaired) electrons. The summed E-state index contributed by atoms with van der Waals surface area (Å²) in [6.45, 7) is 0. The van der Waals surface area contributed by atoms with Crippen LogP contribution in [0.25, 0.3) is 0 Å². The minimum Gasteiger partial charge on any atom is -0.319 e. The SMILES string of the molecule is O=C(Nc1cc(Br)ccc1F)c1ccc(Br)cc1S. The van der Waals surface area contributed by atoms with Crippen molar-refractivity contribution >= 4 is 56.1 Å². The lowest BCUT2D eigenvalue weighted by Gasteiger charge is -2.09. The molecule has 0 spiro atoms. The van der Waals surface area contributed by atoms with Crippen LogP contribution >= 0.6 is 44.5 Å². The van der Waals surface area contributed by atoms with E-state index in [9.17, 15) is 9.18 Å². The molecule has 0 saturated carbocycles. The first-order valence-corrected chi connectivity index (χ1v) is 7.25. The lowest BCUT2D eigenvalue weighted by Crippen LogP contribution is -2.13. The van der Waals surface area contributed by atoms with Gasteiger partial charge in [0, 0.05) is 13.8 Å². The monoisotopic (exact) mass is 403 g/mol. The van der Waals surface area contributed by atoms with E-state index >= 15 is 0 Å². The summed E-state index contributed by atoms with van der Waals surface area (Å²) in [5, 5.41) is 2.52. The molecule has 1 N–H and O–H groups in total. The number of nitrogens with one attached hydrogen (secondary N) is 1. The van der Waals surface area contributed by atoms with Crippen molar-refractivity contribution in [3.05, 3.63) is 56.7 Å². The highest BCUT2D eigenvalue weighted by Crippen LogP contribution is 2.23. The zero-order valence-electron chi connectivity index (χ0n) is 9.45. The first kappa shape index (κ1) is 14.6. The largest absolute Gasteiger partial charge is 0.319 e. The number of amides is 1. The predicted octanol–water partition coefficient (Wildman–Crippen LogP) is 4.89. The van der Waals surface area contributed by atoms with E-state index in [0.29, 0.717) is 14.9 Å². The maximum absolute atomic E-state index is 13.5. The minimum absolute atomic E-state index is 0.120. The lowest BCUT2D eigenvalue weighted by atomic mass is 10.2. The molecule has 0 aliphatic rings. The molecule has 2 aromatic rings. The zero-order valence-corrected chi connectivity index (χ0v) is 13.5. The van der Waals surface area contributed by atoms with Gasteiger partial charge in [-0.3, -0.25) is 4.79 Å². The number of halogens is 3. The Bertz CT molecular complexity index is 649. The van der Waals surface area contributed by atoms with Gasteiger partial charge in [0.15, 0.2) is 0 Å². The molecule has 0 heterocycles. The van der Waals surface area contributed by atoms with Crippen molar-refractivity contribution in [2.45, 2.75) is 4.90 Å². The number of anilines is 1. The Kier molecular flexibility index (Phi) is 4.65. The van der Waals surface area contributed by atoms with Gasteiger partial charge in [0.1, 0.15) is 5.82 Å². The van der Waals surface area contributed by atoms with E-state index in [2.05, 4.69) is 49.8 Å². The van der Waals surface area contributed by atoms with Crippen LogP contribution in [0.2, 0.25) is 0 Å². The summed E-state index contributed by atoms with van der Waals surface area (Å²) in [5.74, 6) is -0.899. The van der Waals surface area contributed by atoms with Crippen molar-refractivity contribution in [2.24, 2.45) is 0 Å².